The van der Waals surface area contributed by atoms with Gasteiger partial charge in [0.1, 0.15) is 0 Å². The monoisotopic (exact) mass is 572 g/mol. The molecule has 1 amide bonds. The van der Waals surface area contributed by atoms with Crippen LogP contribution in [-0.2, 0) is 16.1 Å². The summed E-state index contributed by atoms with van der Waals surface area (Å²) in [7, 11) is 0. The Bertz CT molecular complexity index is 1650. The molecule has 0 radical (unpaired) electrons. The summed E-state index contributed by atoms with van der Waals surface area (Å²) in [6, 6.07) is 19.2. The van der Waals surface area contributed by atoms with E-state index in [1.54, 1.807) is 4.57 Å². The van der Waals surface area contributed by atoms with Crippen LogP contribution in [0, 0.1) is 6.92 Å². The number of benzene rings is 3. The van der Waals surface area contributed by atoms with Crippen LogP contribution in [0.2, 0.25) is 0 Å². The van der Waals surface area contributed by atoms with Crippen LogP contribution in [0.4, 0.5) is 11.4 Å². The molecule has 3 aromatic carbocycles. The van der Waals surface area contributed by atoms with Crippen LogP contribution in [-0.4, -0.2) is 53.8 Å². The van der Waals surface area contributed by atoms with Crippen molar-refractivity contribution in [1.82, 2.24) is 9.55 Å². The number of amides is 1. The van der Waals surface area contributed by atoms with Gasteiger partial charge in [0.05, 0.1) is 35.9 Å². The van der Waals surface area contributed by atoms with E-state index >= 15 is 0 Å². The van der Waals surface area contributed by atoms with Gasteiger partial charge in [-0.25, -0.2) is 4.98 Å². The SMILES string of the molecule is CC[C@@H](Sc1nc2ccc(N3CCOCC3)cc2c(=O)n1Cc1ccc2c(c1)OCO2)C(=O)Nc1cccc(C)c1. The smallest absolute Gasteiger partial charge is 0.262 e. The van der Waals surface area contributed by atoms with E-state index in [1.807, 2.05) is 74.5 Å². The van der Waals surface area contributed by atoms with Gasteiger partial charge in [-0.1, -0.05) is 36.9 Å². The summed E-state index contributed by atoms with van der Waals surface area (Å²) < 4.78 is 18.2. The molecule has 41 heavy (non-hydrogen) atoms. The lowest BCUT2D eigenvalue weighted by Crippen LogP contribution is -2.36. The third-order valence-electron chi connectivity index (χ3n) is 7.25. The molecule has 2 aliphatic rings. The maximum absolute atomic E-state index is 14.1. The number of aromatic nitrogens is 2. The molecule has 2 aliphatic heterocycles. The zero-order valence-electron chi connectivity index (χ0n) is 23.1. The Hall–Kier alpha value is -4.02. The minimum atomic E-state index is -0.449. The van der Waals surface area contributed by atoms with Crippen molar-refractivity contribution in [2.75, 3.05) is 43.3 Å². The quantitative estimate of drug-likeness (QED) is 0.237. The van der Waals surface area contributed by atoms with Crippen molar-refractivity contribution in [2.45, 2.75) is 37.2 Å². The molecule has 0 spiro atoms. The number of ether oxygens (including phenoxy) is 3. The lowest BCUT2D eigenvalue weighted by Gasteiger charge is -2.29. The summed E-state index contributed by atoms with van der Waals surface area (Å²) in [6.45, 7) is 7.25. The summed E-state index contributed by atoms with van der Waals surface area (Å²) >= 11 is 1.31. The molecule has 0 unspecified atom stereocenters. The predicted octanol–water partition coefficient (Wildman–Crippen LogP) is 4.83. The minimum absolute atomic E-state index is 0.130. The second-order valence-electron chi connectivity index (χ2n) is 10.1. The average Bonchev–Trinajstić information content (AvgIpc) is 3.46. The van der Waals surface area contributed by atoms with Gasteiger partial charge in [0.25, 0.3) is 5.56 Å². The van der Waals surface area contributed by atoms with Crippen LogP contribution < -0.4 is 25.2 Å². The molecule has 1 aromatic heterocycles. The van der Waals surface area contributed by atoms with Gasteiger partial charge in [0.2, 0.25) is 12.7 Å². The number of morpholine rings is 1. The van der Waals surface area contributed by atoms with Crippen molar-refractivity contribution >= 4 is 39.9 Å². The van der Waals surface area contributed by atoms with E-state index in [0.29, 0.717) is 47.2 Å². The van der Waals surface area contributed by atoms with Gasteiger partial charge in [-0.2, -0.15) is 0 Å². The normalized spacial score (nSPS) is 15.2. The minimum Gasteiger partial charge on any atom is -0.454 e. The molecule has 3 heterocycles. The van der Waals surface area contributed by atoms with Crippen molar-refractivity contribution in [3.05, 3.63) is 82.1 Å². The molecule has 1 saturated heterocycles. The fraction of sp³-hybridized carbons (Fsp3) is 0.323. The number of hydrogen-bond acceptors (Lipinski definition) is 8. The standard InChI is InChI=1S/C31H32N4O5S/c1-3-28(29(36)32-22-6-4-5-20(2)15-22)41-31-33-25-9-8-23(34-11-13-38-14-12-34)17-24(25)30(37)35(31)18-21-7-10-26-27(16-21)40-19-39-26/h4-10,15-17,28H,3,11-14,18-19H2,1-2H3,(H,32,36)/t28-/m1/s1. The first-order valence-corrected chi connectivity index (χ1v) is 14.7. The van der Waals surface area contributed by atoms with Crippen molar-refractivity contribution < 1.29 is 19.0 Å². The third kappa shape index (κ3) is 5.89. The van der Waals surface area contributed by atoms with E-state index in [1.165, 1.54) is 11.8 Å². The Balaban J connectivity index is 1.37. The van der Waals surface area contributed by atoms with Gasteiger partial charge in [-0.15, -0.1) is 0 Å². The molecule has 6 rings (SSSR count). The molecule has 9 nitrogen and oxygen atoms in total. The van der Waals surface area contributed by atoms with Crippen molar-refractivity contribution in [1.29, 1.82) is 0 Å². The van der Waals surface area contributed by atoms with E-state index in [9.17, 15) is 9.59 Å². The van der Waals surface area contributed by atoms with Crippen LogP contribution in [0.25, 0.3) is 10.9 Å². The van der Waals surface area contributed by atoms with Crippen LogP contribution in [0.15, 0.2) is 70.6 Å². The lowest BCUT2D eigenvalue weighted by molar-refractivity contribution is -0.115. The van der Waals surface area contributed by atoms with Gasteiger partial charge in [0, 0.05) is 24.5 Å². The third-order valence-corrected chi connectivity index (χ3v) is 8.61. The number of aryl methyl sites for hydroxylation is 1. The fourth-order valence-electron chi connectivity index (χ4n) is 5.05. The van der Waals surface area contributed by atoms with Crippen molar-refractivity contribution in [2.24, 2.45) is 0 Å². The summed E-state index contributed by atoms with van der Waals surface area (Å²) in [5, 5.41) is 3.61. The van der Waals surface area contributed by atoms with Crippen molar-refractivity contribution in [3.8, 4) is 11.5 Å². The Morgan fingerprint density at radius 1 is 1.05 bits per heavy atom. The molecule has 1 fully saturated rings. The second-order valence-corrected chi connectivity index (χ2v) is 11.3. The largest absolute Gasteiger partial charge is 0.454 e. The predicted molar refractivity (Wildman–Crippen MR) is 160 cm³/mol. The lowest BCUT2D eigenvalue weighted by atomic mass is 10.1. The molecule has 0 bridgehead atoms. The number of hydrogen-bond donors (Lipinski definition) is 1. The van der Waals surface area contributed by atoms with Gasteiger partial charge < -0.3 is 24.4 Å². The Labute approximate surface area is 242 Å². The van der Waals surface area contributed by atoms with Crippen LogP contribution in [0.3, 0.4) is 0 Å². The van der Waals surface area contributed by atoms with Gasteiger partial charge in [-0.3, -0.25) is 14.2 Å². The van der Waals surface area contributed by atoms with Gasteiger partial charge >= 0.3 is 0 Å². The molecule has 212 valence electrons. The highest BCUT2D eigenvalue weighted by Crippen LogP contribution is 2.33. The number of anilines is 2. The number of fused-ring (bicyclic) bond motifs is 2. The van der Waals surface area contributed by atoms with E-state index in [4.69, 9.17) is 19.2 Å². The number of carbonyl (C=O) groups excluding carboxylic acids is 1. The van der Waals surface area contributed by atoms with Crippen LogP contribution in [0.1, 0.15) is 24.5 Å². The fourth-order valence-corrected chi connectivity index (χ4v) is 6.07. The number of nitrogens with zero attached hydrogens (tertiary/aromatic N) is 3. The summed E-state index contributed by atoms with van der Waals surface area (Å²) in [6.07, 6.45) is 0.566. The topological polar surface area (TPSA) is 94.9 Å². The maximum atomic E-state index is 14.1. The summed E-state index contributed by atoms with van der Waals surface area (Å²) in [5.74, 6) is 1.20. The van der Waals surface area contributed by atoms with E-state index in [2.05, 4.69) is 10.2 Å². The average molecular weight is 573 g/mol. The second kappa shape index (κ2) is 11.8. The molecular formula is C31H32N4O5S. The number of rotatable bonds is 8. The maximum Gasteiger partial charge on any atom is 0.262 e. The van der Waals surface area contributed by atoms with Gasteiger partial charge in [-0.05, 0) is 66.9 Å². The molecule has 1 atom stereocenters. The van der Waals surface area contributed by atoms with Gasteiger partial charge in [0.15, 0.2) is 16.7 Å². The molecular weight excluding hydrogens is 540 g/mol. The van der Waals surface area contributed by atoms with E-state index in [-0.39, 0.29) is 24.8 Å². The zero-order valence-corrected chi connectivity index (χ0v) is 23.9. The molecule has 0 saturated carbocycles. The van der Waals surface area contributed by atoms with Crippen molar-refractivity contribution in [3.63, 3.8) is 0 Å². The van der Waals surface area contributed by atoms with E-state index in [0.717, 1.165) is 35.6 Å². The van der Waals surface area contributed by atoms with E-state index < -0.39 is 5.25 Å². The first kappa shape index (κ1) is 27.2. The molecule has 10 heteroatoms. The van der Waals surface area contributed by atoms with Crippen LogP contribution >= 0.6 is 11.8 Å². The number of carbonyl (C=O) groups is 1. The first-order valence-electron chi connectivity index (χ1n) is 13.8. The molecule has 0 aliphatic carbocycles. The molecule has 1 N–H and O–H groups in total. The number of thioether (sulfide) groups is 1. The summed E-state index contributed by atoms with van der Waals surface area (Å²) in [4.78, 5) is 34.6. The number of nitrogens with one attached hydrogen (secondary N) is 1. The Morgan fingerprint density at radius 2 is 1.88 bits per heavy atom. The summed E-state index contributed by atoms with van der Waals surface area (Å²) in [5.41, 5.74) is 4.10. The Kier molecular flexibility index (Phi) is 7.84. The Morgan fingerprint density at radius 3 is 2.68 bits per heavy atom. The highest BCUT2D eigenvalue weighted by molar-refractivity contribution is 8.00. The molecule has 4 aromatic rings. The van der Waals surface area contributed by atoms with Crippen LogP contribution in [0.5, 0.6) is 11.5 Å². The zero-order chi connectivity index (χ0) is 28.3. The first-order chi connectivity index (χ1) is 20.0. The highest BCUT2D eigenvalue weighted by Gasteiger charge is 2.24. The highest BCUT2D eigenvalue weighted by atomic mass is 32.2.